The molecule has 2 aromatic carbocycles. The highest BCUT2D eigenvalue weighted by molar-refractivity contribution is 5.33. The van der Waals surface area contributed by atoms with E-state index in [2.05, 4.69) is 67.7 Å². The SMILES string of the molecule is Cc1ccc(C(C)NCC2CCCc3ccccc32)cc1. The molecule has 3 rings (SSSR count). The molecule has 0 amide bonds. The number of benzene rings is 2. The Balaban J connectivity index is 1.64. The van der Waals surface area contributed by atoms with Crippen LogP contribution in [0.3, 0.4) is 0 Å². The van der Waals surface area contributed by atoms with Crippen LogP contribution in [0.2, 0.25) is 0 Å². The molecule has 0 heterocycles. The van der Waals surface area contributed by atoms with Crippen LogP contribution in [0, 0.1) is 6.92 Å². The first kappa shape index (κ1) is 14.3. The molecule has 0 aromatic heterocycles. The minimum Gasteiger partial charge on any atom is -0.310 e. The van der Waals surface area contributed by atoms with Crippen LogP contribution in [0.1, 0.15) is 54.0 Å². The Labute approximate surface area is 128 Å². The standard InChI is InChI=1S/C20H25N/c1-15-10-12-17(13-11-15)16(2)21-14-19-8-5-7-18-6-3-4-9-20(18)19/h3-4,6,9-13,16,19,21H,5,7-8,14H2,1-2H3. The van der Waals surface area contributed by atoms with Crippen LogP contribution < -0.4 is 5.32 Å². The van der Waals surface area contributed by atoms with Gasteiger partial charge in [0.15, 0.2) is 0 Å². The van der Waals surface area contributed by atoms with Crippen LogP contribution in [-0.4, -0.2) is 6.54 Å². The zero-order chi connectivity index (χ0) is 14.7. The molecule has 2 atom stereocenters. The number of hydrogen-bond donors (Lipinski definition) is 1. The molecule has 0 spiro atoms. The topological polar surface area (TPSA) is 12.0 Å². The van der Waals surface area contributed by atoms with Gasteiger partial charge >= 0.3 is 0 Å². The summed E-state index contributed by atoms with van der Waals surface area (Å²) in [6, 6.07) is 18.3. The first-order valence-corrected chi connectivity index (χ1v) is 8.12. The molecule has 2 unspecified atom stereocenters. The monoisotopic (exact) mass is 279 g/mol. The van der Waals surface area contributed by atoms with Gasteiger partial charge in [-0.25, -0.2) is 0 Å². The zero-order valence-corrected chi connectivity index (χ0v) is 13.1. The summed E-state index contributed by atoms with van der Waals surface area (Å²) in [6.45, 7) is 5.48. The van der Waals surface area contributed by atoms with Crippen molar-refractivity contribution in [2.24, 2.45) is 0 Å². The number of rotatable bonds is 4. The second-order valence-corrected chi connectivity index (χ2v) is 6.33. The van der Waals surface area contributed by atoms with Crippen LogP contribution in [-0.2, 0) is 6.42 Å². The van der Waals surface area contributed by atoms with Crippen molar-refractivity contribution in [3.63, 3.8) is 0 Å². The summed E-state index contributed by atoms with van der Waals surface area (Å²) in [5.74, 6) is 0.669. The van der Waals surface area contributed by atoms with Gasteiger partial charge in [-0.05, 0) is 55.7 Å². The number of fused-ring (bicyclic) bond motifs is 1. The van der Waals surface area contributed by atoms with Gasteiger partial charge in [0.1, 0.15) is 0 Å². The van der Waals surface area contributed by atoms with E-state index in [0.717, 1.165) is 6.54 Å². The molecule has 1 heteroatoms. The predicted octanol–water partition coefficient (Wildman–Crippen LogP) is 4.77. The molecule has 1 aliphatic rings. The summed E-state index contributed by atoms with van der Waals surface area (Å²) in [4.78, 5) is 0. The number of aryl methyl sites for hydroxylation is 2. The lowest BCUT2D eigenvalue weighted by Crippen LogP contribution is -2.26. The van der Waals surface area contributed by atoms with Crippen molar-refractivity contribution >= 4 is 0 Å². The van der Waals surface area contributed by atoms with Gasteiger partial charge in [-0.1, -0.05) is 54.1 Å². The molecule has 21 heavy (non-hydrogen) atoms. The van der Waals surface area contributed by atoms with Crippen LogP contribution in [0.5, 0.6) is 0 Å². The summed E-state index contributed by atoms with van der Waals surface area (Å²) in [6.07, 6.45) is 3.88. The average Bonchev–Trinajstić information content (AvgIpc) is 2.53. The molecule has 0 saturated carbocycles. The van der Waals surface area contributed by atoms with Crippen molar-refractivity contribution in [2.45, 2.75) is 45.1 Å². The summed E-state index contributed by atoms with van der Waals surface area (Å²) >= 11 is 0. The molecule has 1 N–H and O–H groups in total. The largest absolute Gasteiger partial charge is 0.310 e. The van der Waals surface area contributed by atoms with E-state index in [-0.39, 0.29) is 0 Å². The quantitative estimate of drug-likeness (QED) is 0.850. The Morgan fingerprint density at radius 1 is 1.10 bits per heavy atom. The first-order valence-electron chi connectivity index (χ1n) is 8.12. The van der Waals surface area contributed by atoms with Gasteiger partial charge in [0.2, 0.25) is 0 Å². The second kappa shape index (κ2) is 6.44. The van der Waals surface area contributed by atoms with E-state index in [1.807, 2.05) is 0 Å². The second-order valence-electron chi connectivity index (χ2n) is 6.33. The maximum absolute atomic E-state index is 3.73. The number of nitrogens with one attached hydrogen (secondary N) is 1. The molecule has 110 valence electrons. The molecule has 2 aromatic rings. The molecular weight excluding hydrogens is 254 g/mol. The van der Waals surface area contributed by atoms with E-state index in [1.54, 1.807) is 11.1 Å². The van der Waals surface area contributed by atoms with E-state index >= 15 is 0 Å². The third-order valence-corrected chi connectivity index (χ3v) is 4.74. The van der Waals surface area contributed by atoms with Gasteiger partial charge in [0.05, 0.1) is 0 Å². The lowest BCUT2D eigenvalue weighted by molar-refractivity contribution is 0.473. The maximum Gasteiger partial charge on any atom is 0.0292 e. The average molecular weight is 279 g/mol. The molecule has 0 radical (unpaired) electrons. The highest BCUT2D eigenvalue weighted by Crippen LogP contribution is 2.31. The lowest BCUT2D eigenvalue weighted by Gasteiger charge is -2.27. The number of hydrogen-bond acceptors (Lipinski definition) is 1. The van der Waals surface area contributed by atoms with Crippen molar-refractivity contribution in [1.29, 1.82) is 0 Å². The fraction of sp³-hybridized carbons (Fsp3) is 0.400. The van der Waals surface area contributed by atoms with Crippen molar-refractivity contribution in [2.75, 3.05) is 6.54 Å². The first-order chi connectivity index (χ1) is 10.2. The zero-order valence-electron chi connectivity index (χ0n) is 13.1. The van der Waals surface area contributed by atoms with E-state index in [9.17, 15) is 0 Å². The van der Waals surface area contributed by atoms with E-state index < -0.39 is 0 Å². The minimum atomic E-state index is 0.416. The van der Waals surface area contributed by atoms with Crippen molar-refractivity contribution in [1.82, 2.24) is 5.32 Å². The molecule has 0 fully saturated rings. The van der Waals surface area contributed by atoms with Crippen LogP contribution in [0.4, 0.5) is 0 Å². The summed E-state index contributed by atoms with van der Waals surface area (Å²) in [5, 5.41) is 3.73. The molecule has 0 saturated heterocycles. The van der Waals surface area contributed by atoms with Gasteiger partial charge in [0.25, 0.3) is 0 Å². The minimum absolute atomic E-state index is 0.416. The van der Waals surface area contributed by atoms with Gasteiger partial charge in [-0.15, -0.1) is 0 Å². The Morgan fingerprint density at radius 2 is 1.86 bits per heavy atom. The Bertz CT molecular complexity index is 585. The van der Waals surface area contributed by atoms with Crippen molar-refractivity contribution in [3.05, 3.63) is 70.8 Å². The van der Waals surface area contributed by atoms with Gasteiger partial charge in [0, 0.05) is 12.6 Å². The normalized spacial score (nSPS) is 19.0. The highest BCUT2D eigenvalue weighted by atomic mass is 14.9. The van der Waals surface area contributed by atoms with Crippen LogP contribution >= 0.6 is 0 Å². The molecule has 0 aliphatic heterocycles. The smallest absolute Gasteiger partial charge is 0.0292 e. The third kappa shape index (κ3) is 3.36. The van der Waals surface area contributed by atoms with Gasteiger partial charge < -0.3 is 5.32 Å². The fourth-order valence-corrected chi connectivity index (χ4v) is 3.36. The van der Waals surface area contributed by atoms with Gasteiger partial charge in [-0.2, -0.15) is 0 Å². The summed E-state index contributed by atoms with van der Waals surface area (Å²) in [7, 11) is 0. The molecular formula is C20H25N. The molecule has 1 aliphatic carbocycles. The van der Waals surface area contributed by atoms with E-state index in [0.29, 0.717) is 12.0 Å². The summed E-state index contributed by atoms with van der Waals surface area (Å²) in [5.41, 5.74) is 5.82. The van der Waals surface area contributed by atoms with Gasteiger partial charge in [-0.3, -0.25) is 0 Å². The predicted molar refractivity (Wildman–Crippen MR) is 89.7 cm³/mol. The summed E-state index contributed by atoms with van der Waals surface area (Å²) < 4.78 is 0. The maximum atomic E-state index is 3.73. The van der Waals surface area contributed by atoms with E-state index in [4.69, 9.17) is 0 Å². The van der Waals surface area contributed by atoms with Crippen LogP contribution in [0.25, 0.3) is 0 Å². The van der Waals surface area contributed by atoms with Crippen LogP contribution in [0.15, 0.2) is 48.5 Å². The lowest BCUT2D eigenvalue weighted by atomic mass is 9.82. The molecule has 1 nitrogen and oxygen atoms in total. The van der Waals surface area contributed by atoms with Crippen molar-refractivity contribution in [3.8, 4) is 0 Å². The molecule has 0 bridgehead atoms. The Morgan fingerprint density at radius 3 is 2.67 bits per heavy atom. The van der Waals surface area contributed by atoms with Crippen molar-refractivity contribution < 1.29 is 0 Å². The van der Waals surface area contributed by atoms with E-state index in [1.165, 1.54) is 30.4 Å². The highest BCUT2D eigenvalue weighted by Gasteiger charge is 2.20. The Kier molecular flexibility index (Phi) is 4.40. The third-order valence-electron chi connectivity index (χ3n) is 4.74. The Hall–Kier alpha value is -1.60. The fourth-order valence-electron chi connectivity index (χ4n) is 3.36.